The maximum absolute atomic E-state index is 12.3. The number of rotatable bonds is 3. The smallest absolute Gasteiger partial charge is 0.257 e. The SMILES string of the molecule is CC(C)CN1CCN(C(=O)c2ccccc2O)CC1. The van der Waals surface area contributed by atoms with Gasteiger partial charge in [-0.25, -0.2) is 0 Å². The normalized spacial score (nSPS) is 16.9. The van der Waals surface area contributed by atoms with Crippen LogP contribution in [-0.4, -0.2) is 53.5 Å². The number of hydrogen-bond donors (Lipinski definition) is 1. The van der Waals surface area contributed by atoms with Crippen LogP contribution in [0.2, 0.25) is 0 Å². The summed E-state index contributed by atoms with van der Waals surface area (Å²) in [6.45, 7) is 8.80. The zero-order chi connectivity index (χ0) is 13.8. The zero-order valence-electron chi connectivity index (χ0n) is 11.7. The minimum atomic E-state index is -0.0673. The molecule has 0 radical (unpaired) electrons. The number of piperazine rings is 1. The first kappa shape index (κ1) is 13.9. The van der Waals surface area contributed by atoms with Crippen molar-refractivity contribution in [2.24, 2.45) is 5.92 Å². The van der Waals surface area contributed by atoms with E-state index in [1.54, 1.807) is 24.3 Å². The first-order valence-corrected chi connectivity index (χ1v) is 6.87. The average molecular weight is 262 g/mol. The molecule has 1 saturated heterocycles. The minimum absolute atomic E-state index is 0.0668. The lowest BCUT2D eigenvalue weighted by molar-refractivity contribution is 0.0621. The number of benzene rings is 1. The summed E-state index contributed by atoms with van der Waals surface area (Å²) in [6, 6.07) is 6.75. The van der Waals surface area contributed by atoms with Crippen LogP contribution in [0.15, 0.2) is 24.3 Å². The van der Waals surface area contributed by atoms with Gasteiger partial charge in [-0.15, -0.1) is 0 Å². The molecule has 1 aliphatic heterocycles. The predicted molar refractivity (Wildman–Crippen MR) is 75.3 cm³/mol. The monoisotopic (exact) mass is 262 g/mol. The summed E-state index contributed by atoms with van der Waals surface area (Å²) in [6.07, 6.45) is 0. The highest BCUT2D eigenvalue weighted by Gasteiger charge is 2.23. The second-order valence-electron chi connectivity index (χ2n) is 5.50. The molecule has 19 heavy (non-hydrogen) atoms. The van der Waals surface area contributed by atoms with E-state index in [4.69, 9.17) is 0 Å². The summed E-state index contributed by atoms with van der Waals surface area (Å²) in [5.41, 5.74) is 0.403. The number of para-hydroxylation sites is 1. The molecule has 0 atom stereocenters. The molecule has 0 spiro atoms. The Bertz CT molecular complexity index is 438. The highest BCUT2D eigenvalue weighted by atomic mass is 16.3. The number of carbonyl (C=O) groups is 1. The van der Waals surface area contributed by atoms with Gasteiger partial charge in [-0.1, -0.05) is 26.0 Å². The Kier molecular flexibility index (Phi) is 4.43. The molecule has 4 nitrogen and oxygen atoms in total. The molecule has 0 saturated carbocycles. The molecular formula is C15H22N2O2. The van der Waals surface area contributed by atoms with E-state index in [0.29, 0.717) is 11.5 Å². The van der Waals surface area contributed by atoms with Crippen LogP contribution >= 0.6 is 0 Å². The second kappa shape index (κ2) is 6.06. The summed E-state index contributed by atoms with van der Waals surface area (Å²) < 4.78 is 0. The predicted octanol–water partition coefficient (Wildman–Crippen LogP) is 1.81. The Labute approximate surface area is 114 Å². The number of amides is 1. The van der Waals surface area contributed by atoms with Crippen LogP contribution in [0.3, 0.4) is 0 Å². The van der Waals surface area contributed by atoms with E-state index < -0.39 is 0 Å². The lowest BCUT2D eigenvalue weighted by Gasteiger charge is -2.35. The van der Waals surface area contributed by atoms with Crippen LogP contribution in [0.25, 0.3) is 0 Å². The van der Waals surface area contributed by atoms with E-state index in [2.05, 4.69) is 18.7 Å². The Morgan fingerprint density at radius 2 is 1.84 bits per heavy atom. The second-order valence-corrected chi connectivity index (χ2v) is 5.50. The highest BCUT2D eigenvalue weighted by molar-refractivity contribution is 5.96. The lowest BCUT2D eigenvalue weighted by Crippen LogP contribution is -2.49. The molecule has 1 amide bonds. The van der Waals surface area contributed by atoms with Crippen molar-refractivity contribution in [3.8, 4) is 5.75 Å². The summed E-state index contributed by atoms with van der Waals surface area (Å²) in [7, 11) is 0. The number of phenols is 1. The highest BCUT2D eigenvalue weighted by Crippen LogP contribution is 2.18. The van der Waals surface area contributed by atoms with Crippen molar-refractivity contribution in [3.63, 3.8) is 0 Å². The average Bonchev–Trinajstić information content (AvgIpc) is 2.39. The maximum atomic E-state index is 12.3. The van der Waals surface area contributed by atoms with Gasteiger partial charge in [-0.2, -0.15) is 0 Å². The van der Waals surface area contributed by atoms with Crippen LogP contribution in [0.1, 0.15) is 24.2 Å². The third kappa shape index (κ3) is 3.47. The van der Waals surface area contributed by atoms with Crippen LogP contribution in [0.5, 0.6) is 5.75 Å². The summed E-state index contributed by atoms with van der Waals surface area (Å²) in [4.78, 5) is 16.5. The molecule has 1 N–H and O–H groups in total. The van der Waals surface area contributed by atoms with Gasteiger partial charge >= 0.3 is 0 Å². The van der Waals surface area contributed by atoms with Crippen LogP contribution in [0.4, 0.5) is 0 Å². The number of aromatic hydroxyl groups is 1. The fourth-order valence-electron chi connectivity index (χ4n) is 2.47. The standard InChI is InChI=1S/C15H22N2O2/c1-12(2)11-16-7-9-17(10-8-16)15(19)13-5-3-4-6-14(13)18/h3-6,12,18H,7-11H2,1-2H3. The van der Waals surface area contributed by atoms with Gasteiger partial charge in [0.2, 0.25) is 0 Å². The molecule has 1 aliphatic rings. The molecule has 0 bridgehead atoms. The fourth-order valence-corrected chi connectivity index (χ4v) is 2.47. The first-order chi connectivity index (χ1) is 9.08. The molecular weight excluding hydrogens is 240 g/mol. The number of phenolic OH excluding ortho intramolecular Hbond substituents is 1. The van der Waals surface area contributed by atoms with Gasteiger partial charge in [-0.05, 0) is 18.1 Å². The Morgan fingerprint density at radius 1 is 1.21 bits per heavy atom. The maximum Gasteiger partial charge on any atom is 0.257 e. The van der Waals surface area contributed by atoms with E-state index >= 15 is 0 Å². The van der Waals surface area contributed by atoms with E-state index in [-0.39, 0.29) is 11.7 Å². The molecule has 1 aromatic carbocycles. The quantitative estimate of drug-likeness (QED) is 0.903. The topological polar surface area (TPSA) is 43.8 Å². The minimum Gasteiger partial charge on any atom is -0.507 e. The number of carbonyl (C=O) groups excluding carboxylic acids is 1. The van der Waals surface area contributed by atoms with Gasteiger partial charge in [-0.3, -0.25) is 9.69 Å². The van der Waals surface area contributed by atoms with Crippen molar-refractivity contribution >= 4 is 5.91 Å². The van der Waals surface area contributed by atoms with Gasteiger partial charge in [0, 0.05) is 32.7 Å². The molecule has 1 heterocycles. The lowest BCUT2D eigenvalue weighted by atomic mass is 10.1. The van der Waals surface area contributed by atoms with Crippen molar-refractivity contribution < 1.29 is 9.90 Å². The van der Waals surface area contributed by atoms with Gasteiger partial charge < -0.3 is 10.0 Å². The molecule has 1 fully saturated rings. The Hall–Kier alpha value is -1.55. The van der Waals surface area contributed by atoms with Crippen molar-refractivity contribution in [1.29, 1.82) is 0 Å². The Morgan fingerprint density at radius 3 is 2.42 bits per heavy atom. The molecule has 0 aromatic heterocycles. The molecule has 0 unspecified atom stereocenters. The summed E-state index contributed by atoms with van der Waals surface area (Å²) in [5.74, 6) is 0.653. The molecule has 0 aliphatic carbocycles. The van der Waals surface area contributed by atoms with Crippen molar-refractivity contribution in [2.45, 2.75) is 13.8 Å². The zero-order valence-corrected chi connectivity index (χ0v) is 11.7. The molecule has 1 aromatic rings. The fraction of sp³-hybridized carbons (Fsp3) is 0.533. The summed E-state index contributed by atoms with van der Waals surface area (Å²) in [5, 5.41) is 9.72. The third-order valence-electron chi connectivity index (χ3n) is 3.42. The first-order valence-electron chi connectivity index (χ1n) is 6.87. The summed E-state index contributed by atoms with van der Waals surface area (Å²) >= 11 is 0. The van der Waals surface area contributed by atoms with E-state index in [1.165, 1.54) is 0 Å². The van der Waals surface area contributed by atoms with E-state index in [1.807, 2.05) is 4.90 Å². The van der Waals surface area contributed by atoms with Crippen molar-refractivity contribution in [3.05, 3.63) is 29.8 Å². The Balaban J connectivity index is 1.95. The molecule has 104 valence electrons. The van der Waals surface area contributed by atoms with Crippen LogP contribution in [-0.2, 0) is 0 Å². The van der Waals surface area contributed by atoms with Crippen molar-refractivity contribution in [2.75, 3.05) is 32.7 Å². The van der Waals surface area contributed by atoms with Gasteiger partial charge in [0.25, 0.3) is 5.91 Å². The van der Waals surface area contributed by atoms with E-state index in [9.17, 15) is 9.90 Å². The van der Waals surface area contributed by atoms with Gasteiger partial charge in [0.15, 0.2) is 0 Å². The molecule has 2 rings (SSSR count). The van der Waals surface area contributed by atoms with Crippen LogP contribution < -0.4 is 0 Å². The number of hydrogen-bond acceptors (Lipinski definition) is 3. The van der Waals surface area contributed by atoms with Gasteiger partial charge in [0.1, 0.15) is 5.75 Å². The third-order valence-corrected chi connectivity index (χ3v) is 3.42. The van der Waals surface area contributed by atoms with E-state index in [0.717, 1.165) is 32.7 Å². The number of nitrogens with zero attached hydrogens (tertiary/aromatic N) is 2. The van der Waals surface area contributed by atoms with Crippen LogP contribution in [0, 0.1) is 5.92 Å². The molecule has 4 heteroatoms. The van der Waals surface area contributed by atoms with Crippen molar-refractivity contribution in [1.82, 2.24) is 9.80 Å². The van der Waals surface area contributed by atoms with Gasteiger partial charge in [0.05, 0.1) is 5.56 Å². The largest absolute Gasteiger partial charge is 0.507 e.